The fraction of sp³-hybridized carbons (Fsp3) is 0.111. The van der Waals surface area contributed by atoms with Gasteiger partial charge in [0.15, 0.2) is 0 Å². The molecule has 0 bridgehead atoms. The van der Waals surface area contributed by atoms with E-state index in [4.69, 9.17) is 4.42 Å². The summed E-state index contributed by atoms with van der Waals surface area (Å²) in [6.45, 7) is 0. The molecule has 4 heteroatoms. The molecule has 0 amide bonds. The van der Waals surface area contributed by atoms with Gasteiger partial charge in [0.05, 0.1) is 0 Å². The van der Waals surface area contributed by atoms with E-state index in [0.717, 1.165) is 5.56 Å². The Hall–Kier alpha value is -1.84. The Balaban J connectivity index is 2.54. The number of aryl methyl sites for hydroxylation is 1. The first-order valence-electron chi connectivity index (χ1n) is 3.87. The van der Waals surface area contributed by atoms with E-state index in [1.54, 1.807) is 7.05 Å². The lowest BCUT2D eigenvalue weighted by molar-refractivity contribution is 0.505. The first-order chi connectivity index (χ1) is 6.27. The highest BCUT2D eigenvalue weighted by molar-refractivity contribution is 5.51. The molecule has 66 valence electrons. The molecule has 0 atom stereocenters. The molecular weight excluding hydrogens is 168 g/mol. The monoisotopic (exact) mass is 176 g/mol. The van der Waals surface area contributed by atoms with E-state index < -0.39 is 5.76 Å². The summed E-state index contributed by atoms with van der Waals surface area (Å²) in [6.07, 6.45) is 0. The van der Waals surface area contributed by atoms with Crippen molar-refractivity contribution in [1.29, 1.82) is 0 Å². The summed E-state index contributed by atoms with van der Waals surface area (Å²) in [6, 6.07) is 9.30. The van der Waals surface area contributed by atoms with E-state index in [9.17, 15) is 4.79 Å². The van der Waals surface area contributed by atoms with Gasteiger partial charge in [0, 0.05) is 12.6 Å². The number of nitrogens with zero attached hydrogens (tertiary/aromatic N) is 2. The van der Waals surface area contributed by atoms with Crippen LogP contribution >= 0.6 is 0 Å². The van der Waals surface area contributed by atoms with Crippen LogP contribution in [-0.2, 0) is 7.05 Å². The molecule has 1 aromatic heterocycles. The molecule has 0 saturated heterocycles. The van der Waals surface area contributed by atoms with Crippen LogP contribution in [0.15, 0.2) is 39.5 Å². The molecule has 0 saturated carbocycles. The summed E-state index contributed by atoms with van der Waals surface area (Å²) in [5, 5.41) is 3.92. The number of benzene rings is 1. The summed E-state index contributed by atoms with van der Waals surface area (Å²) < 4.78 is 6.07. The van der Waals surface area contributed by atoms with Crippen molar-refractivity contribution in [2.24, 2.45) is 7.05 Å². The van der Waals surface area contributed by atoms with Gasteiger partial charge in [0.1, 0.15) is 0 Å². The SMILES string of the molecule is Cn1nc(-c2ccccc2)oc1=O. The highest BCUT2D eigenvalue weighted by Crippen LogP contribution is 2.13. The number of aromatic nitrogens is 2. The van der Waals surface area contributed by atoms with Crippen molar-refractivity contribution in [3.63, 3.8) is 0 Å². The minimum atomic E-state index is -0.446. The van der Waals surface area contributed by atoms with Gasteiger partial charge >= 0.3 is 5.76 Å². The van der Waals surface area contributed by atoms with Gasteiger partial charge in [-0.15, -0.1) is 5.10 Å². The molecule has 0 aliphatic carbocycles. The molecular formula is C9H8N2O2. The lowest BCUT2D eigenvalue weighted by Crippen LogP contribution is -2.09. The maximum Gasteiger partial charge on any atom is 0.437 e. The quantitative estimate of drug-likeness (QED) is 0.652. The molecule has 0 N–H and O–H groups in total. The second-order valence-corrected chi connectivity index (χ2v) is 2.66. The maximum absolute atomic E-state index is 10.9. The Labute approximate surface area is 74.4 Å². The Morgan fingerprint density at radius 3 is 2.54 bits per heavy atom. The van der Waals surface area contributed by atoms with Crippen LogP contribution in [0.1, 0.15) is 0 Å². The van der Waals surface area contributed by atoms with E-state index in [0.29, 0.717) is 5.89 Å². The third-order valence-electron chi connectivity index (χ3n) is 1.71. The molecule has 0 aliphatic rings. The van der Waals surface area contributed by atoms with Crippen molar-refractivity contribution in [3.8, 4) is 11.5 Å². The molecule has 1 heterocycles. The second-order valence-electron chi connectivity index (χ2n) is 2.66. The molecule has 13 heavy (non-hydrogen) atoms. The second kappa shape index (κ2) is 2.90. The molecule has 0 spiro atoms. The smallest absolute Gasteiger partial charge is 0.388 e. The van der Waals surface area contributed by atoms with Crippen LogP contribution in [0, 0.1) is 0 Å². The summed E-state index contributed by atoms with van der Waals surface area (Å²) >= 11 is 0. The van der Waals surface area contributed by atoms with Crippen LogP contribution in [0.3, 0.4) is 0 Å². The van der Waals surface area contributed by atoms with Gasteiger partial charge in [0.25, 0.3) is 0 Å². The van der Waals surface area contributed by atoms with Gasteiger partial charge in [-0.1, -0.05) is 18.2 Å². The lowest BCUT2D eigenvalue weighted by atomic mass is 10.2. The molecule has 0 radical (unpaired) electrons. The normalized spacial score (nSPS) is 10.2. The Morgan fingerprint density at radius 1 is 1.31 bits per heavy atom. The van der Waals surface area contributed by atoms with Gasteiger partial charge in [-0.3, -0.25) is 0 Å². The van der Waals surface area contributed by atoms with Crippen LogP contribution in [-0.4, -0.2) is 9.78 Å². The van der Waals surface area contributed by atoms with Crippen molar-refractivity contribution in [1.82, 2.24) is 9.78 Å². The third kappa shape index (κ3) is 1.38. The van der Waals surface area contributed by atoms with Gasteiger partial charge in [-0.25, -0.2) is 4.79 Å². The van der Waals surface area contributed by atoms with Crippen LogP contribution in [0.25, 0.3) is 11.5 Å². The average Bonchev–Trinajstić information content (AvgIpc) is 2.49. The maximum atomic E-state index is 10.9. The third-order valence-corrected chi connectivity index (χ3v) is 1.71. The largest absolute Gasteiger partial charge is 0.437 e. The van der Waals surface area contributed by atoms with Crippen molar-refractivity contribution in [2.45, 2.75) is 0 Å². The Kier molecular flexibility index (Phi) is 1.73. The number of rotatable bonds is 1. The topological polar surface area (TPSA) is 48.0 Å². The average molecular weight is 176 g/mol. The zero-order valence-electron chi connectivity index (χ0n) is 7.10. The molecule has 2 aromatic rings. The highest BCUT2D eigenvalue weighted by Gasteiger charge is 2.05. The van der Waals surface area contributed by atoms with Crippen LogP contribution < -0.4 is 5.76 Å². The number of hydrogen-bond donors (Lipinski definition) is 0. The summed E-state index contributed by atoms with van der Waals surface area (Å²) in [5.74, 6) is -0.0908. The predicted octanol–water partition coefficient (Wildman–Crippen LogP) is 1.04. The Bertz CT molecular complexity index is 456. The van der Waals surface area contributed by atoms with E-state index in [-0.39, 0.29) is 0 Å². The van der Waals surface area contributed by atoms with Gasteiger partial charge in [-0.05, 0) is 12.1 Å². The minimum absolute atomic E-state index is 0.355. The van der Waals surface area contributed by atoms with E-state index in [1.807, 2.05) is 30.3 Å². The van der Waals surface area contributed by atoms with Crippen LogP contribution in [0.4, 0.5) is 0 Å². The summed E-state index contributed by atoms with van der Waals surface area (Å²) in [7, 11) is 1.55. The van der Waals surface area contributed by atoms with Gasteiger partial charge < -0.3 is 4.42 Å². The molecule has 1 aromatic carbocycles. The van der Waals surface area contributed by atoms with E-state index in [1.165, 1.54) is 4.68 Å². The first kappa shape index (κ1) is 7.79. The van der Waals surface area contributed by atoms with Crippen molar-refractivity contribution < 1.29 is 4.42 Å². The molecule has 0 unspecified atom stereocenters. The van der Waals surface area contributed by atoms with Gasteiger partial charge in [0.2, 0.25) is 5.89 Å². The van der Waals surface area contributed by atoms with Crippen LogP contribution in [0.5, 0.6) is 0 Å². The molecule has 0 aliphatic heterocycles. The highest BCUT2D eigenvalue weighted by atomic mass is 16.4. The predicted molar refractivity (Wildman–Crippen MR) is 47.2 cm³/mol. The fourth-order valence-corrected chi connectivity index (χ4v) is 1.04. The van der Waals surface area contributed by atoms with Crippen molar-refractivity contribution >= 4 is 0 Å². The minimum Gasteiger partial charge on any atom is -0.388 e. The zero-order valence-corrected chi connectivity index (χ0v) is 7.10. The zero-order chi connectivity index (χ0) is 9.26. The standard InChI is InChI=1S/C9H8N2O2/c1-11-9(12)13-8(10-11)7-5-3-2-4-6-7/h2-6H,1H3. The van der Waals surface area contributed by atoms with Crippen molar-refractivity contribution in [3.05, 3.63) is 40.9 Å². The molecule has 2 rings (SSSR count). The first-order valence-corrected chi connectivity index (χ1v) is 3.87. The fourth-order valence-electron chi connectivity index (χ4n) is 1.04. The van der Waals surface area contributed by atoms with E-state index >= 15 is 0 Å². The van der Waals surface area contributed by atoms with Crippen LogP contribution in [0.2, 0.25) is 0 Å². The van der Waals surface area contributed by atoms with Gasteiger partial charge in [-0.2, -0.15) is 4.68 Å². The lowest BCUT2D eigenvalue weighted by Gasteiger charge is -1.90. The molecule has 0 fully saturated rings. The van der Waals surface area contributed by atoms with E-state index in [2.05, 4.69) is 5.10 Å². The summed E-state index contributed by atoms with van der Waals surface area (Å²) in [5.41, 5.74) is 0.806. The number of hydrogen-bond acceptors (Lipinski definition) is 3. The van der Waals surface area contributed by atoms with Crippen molar-refractivity contribution in [2.75, 3.05) is 0 Å². The Morgan fingerprint density at radius 2 is 2.00 bits per heavy atom. The molecule has 4 nitrogen and oxygen atoms in total. The summed E-state index contributed by atoms with van der Waals surface area (Å²) in [4.78, 5) is 10.9.